The first-order chi connectivity index (χ1) is 12.5. The van der Waals surface area contributed by atoms with Crippen molar-refractivity contribution in [1.29, 1.82) is 0 Å². The number of carbonyl (C=O) groups is 1. The maximum atomic E-state index is 12.4. The van der Waals surface area contributed by atoms with Gasteiger partial charge in [0, 0.05) is 24.7 Å². The molecular weight excluding hydrogens is 328 g/mol. The lowest BCUT2D eigenvalue weighted by atomic mass is 9.84. The molecule has 2 N–H and O–H groups in total. The summed E-state index contributed by atoms with van der Waals surface area (Å²) in [6.45, 7) is 4.08. The standard InChI is InChI=1S/C21H32N2O3/c1-16-7-3-5-9-18(16)22-20(24)15-23-13-11-21(25,12-14-23)17-8-4-6-10-19(17)26-2/h4,6,8,10,16,18,25H,3,5,7,9,11-15H2,1-2H3,(H,22,24)/t16-,18+/m1/s1. The van der Waals surface area contributed by atoms with Crippen molar-refractivity contribution in [1.82, 2.24) is 10.2 Å². The van der Waals surface area contributed by atoms with E-state index in [1.165, 1.54) is 19.3 Å². The van der Waals surface area contributed by atoms with Crippen LogP contribution >= 0.6 is 0 Å². The number of carbonyl (C=O) groups excluding carboxylic acids is 1. The van der Waals surface area contributed by atoms with E-state index in [1.807, 2.05) is 24.3 Å². The van der Waals surface area contributed by atoms with Crippen LogP contribution in [0.3, 0.4) is 0 Å². The summed E-state index contributed by atoms with van der Waals surface area (Å²) in [6, 6.07) is 7.99. The highest BCUT2D eigenvalue weighted by molar-refractivity contribution is 5.78. The molecule has 0 radical (unpaired) electrons. The van der Waals surface area contributed by atoms with Gasteiger partial charge in [-0.2, -0.15) is 0 Å². The summed E-state index contributed by atoms with van der Waals surface area (Å²) in [5.74, 6) is 1.42. The average Bonchev–Trinajstić information content (AvgIpc) is 2.65. The topological polar surface area (TPSA) is 61.8 Å². The number of aliphatic hydroxyl groups is 1. The van der Waals surface area contributed by atoms with E-state index >= 15 is 0 Å². The fourth-order valence-electron chi connectivity index (χ4n) is 4.37. The Hall–Kier alpha value is -1.59. The molecule has 1 aromatic rings. The van der Waals surface area contributed by atoms with Crippen LogP contribution in [-0.2, 0) is 10.4 Å². The Labute approximate surface area is 156 Å². The predicted octanol–water partition coefficient (Wildman–Crippen LogP) is 2.67. The Bertz CT molecular complexity index is 611. The molecule has 0 unspecified atom stereocenters. The number of ether oxygens (including phenoxy) is 1. The van der Waals surface area contributed by atoms with Gasteiger partial charge in [-0.15, -0.1) is 0 Å². The smallest absolute Gasteiger partial charge is 0.234 e. The molecule has 1 saturated heterocycles. The number of hydrogen-bond acceptors (Lipinski definition) is 4. The predicted molar refractivity (Wildman–Crippen MR) is 102 cm³/mol. The zero-order valence-electron chi connectivity index (χ0n) is 16.0. The summed E-state index contributed by atoms with van der Waals surface area (Å²) < 4.78 is 5.41. The summed E-state index contributed by atoms with van der Waals surface area (Å²) in [7, 11) is 1.63. The first-order valence-electron chi connectivity index (χ1n) is 9.89. The van der Waals surface area contributed by atoms with Gasteiger partial charge in [0.25, 0.3) is 0 Å². The van der Waals surface area contributed by atoms with Crippen LogP contribution in [0.5, 0.6) is 5.75 Å². The molecule has 1 amide bonds. The highest BCUT2D eigenvalue weighted by Crippen LogP contribution is 2.37. The fourth-order valence-corrected chi connectivity index (χ4v) is 4.37. The van der Waals surface area contributed by atoms with E-state index in [0.717, 1.165) is 17.7 Å². The molecule has 5 nitrogen and oxygen atoms in total. The van der Waals surface area contributed by atoms with Crippen molar-refractivity contribution >= 4 is 5.91 Å². The number of nitrogens with zero attached hydrogens (tertiary/aromatic N) is 1. The molecule has 3 rings (SSSR count). The number of rotatable bonds is 5. The average molecular weight is 360 g/mol. The third-order valence-corrected chi connectivity index (χ3v) is 6.12. The lowest BCUT2D eigenvalue weighted by Crippen LogP contribution is -2.49. The van der Waals surface area contributed by atoms with Gasteiger partial charge >= 0.3 is 0 Å². The van der Waals surface area contributed by atoms with Crippen LogP contribution in [0.25, 0.3) is 0 Å². The molecule has 2 aliphatic rings. The van der Waals surface area contributed by atoms with Crippen LogP contribution in [-0.4, -0.2) is 48.7 Å². The molecule has 0 spiro atoms. The third-order valence-electron chi connectivity index (χ3n) is 6.12. The Kier molecular flexibility index (Phi) is 6.20. The number of likely N-dealkylation sites (tertiary alicyclic amines) is 1. The van der Waals surface area contributed by atoms with Gasteiger partial charge in [-0.1, -0.05) is 38.0 Å². The first-order valence-corrected chi connectivity index (χ1v) is 9.89. The molecule has 0 aromatic heterocycles. The van der Waals surface area contributed by atoms with Crippen LogP contribution in [0.1, 0.15) is 51.0 Å². The molecule has 1 heterocycles. The lowest BCUT2D eigenvalue weighted by Gasteiger charge is -2.39. The number of benzene rings is 1. The molecule has 1 saturated carbocycles. The van der Waals surface area contributed by atoms with Crippen LogP contribution in [0.2, 0.25) is 0 Å². The quantitative estimate of drug-likeness (QED) is 0.847. The minimum absolute atomic E-state index is 0.117. The van der Waals surface area contributed by atoms with Crippen molar-refractivity contribution in [3.05, 3.63) is 29.8 Å². The van der Waals surface area contributed by atoms with Crippen molar-refractivity contribution in [2.75, 3.05) is 26.7 Å². The van der Waals surface area contributed by atoms with Gasteiger partial charge in [0.05, 0.1) is 19.3 Å². The summed E-state index contributed by atoms with van der Waals surface area (Å²) in [4.78, 5) is 14.6. The van der Waals surface area contributed by atoms with E-state index in [0.29, 0.717) is 44.4 Å². The molecule has 2 fully saturated rings. The molecular formula is C21H32N2O3. The Morgan fingerprint density at radius 3 is 2.65 bits per heavy atom. The first kappa shape index (κ1) is 19.2. The Morgan fingerprint density at radius 1 is 1.27 bits per heavy atom. The minimum atomic E-state index is -0.878. The second-order valence-electron chi connectivity index (χ2n) is 7.94. The number of methoxy groups -OCH3 is 1. The van der Waals surface area contributed by atoms with Gasteiger partial charge in [0.15, 0.2) is 0 Å². The van der Waals surface area contributed by atoms with E-state index < -0.39 is 5.60 Å². The van der Waals surface area contributed by atoms with E-state index in [2.05, 4.69) is 17.1 Å². The van der Waals surface area contributed by atoms with Gasteiger partial charge in [0.1, 0.15) is 5.75 Å². The zero-order valence-corrected chi connectivity index (χ0v) is 16.0. The van der Waals surface area contributed by atoms with Gasteiger partial charge in [-0.05, 0) is 37.7 Å². The van der Waals surface area contributed by atoms with Gasteiger partial charge in [0.2, 0.25) is 5.91 Å². The van der Waals surface area contributed by atoms with Crippen molar-refractivity contribution in [3.63, 3.8) is 0 Å². The monoisotopic (exact) mass is 360 g/mol. The summed E-state index contributed by atoms with van der Waals surface area (Å²) in [5, 5.41) is 14.3. The molecule has 26 heavy (non-hydrogen) atoms. The van der Waals surface area contributed by atoms with Crippen molar-refractivity contribution in [2.45, 2.75) is 57.1 Å². The highest BCUT2D eigenvalue weighted by atomic mass is 16.5. The maximum Gasteiger partial charge on any atom is 0.234 e. The normalized spacial score (nSPS) is 26.3. The Balaban J connectivity index is 1.52. The molecule has 0 bridgehead atoms. The second-order valence-corrected chi connectivity index (χ2v) is 7.94. The van der Waals surface area contributed by atoms with Crippen molar-refractivity contribution in [3.8, 4) is 5.75 Å². The maximum absolute atomic E-state index is 12.4. The number of hydrogen-bond donors (Lipinski definition) is 2. The van der Waals surface area contributed by atoms with Crippen LogP contribution in [0, 0.1) is 5.92 Å². The van der Waals surface area contributed by atoms with Gasteiger partial charge < -0.3 is 15.2 Å². The number of nitrogens with one attached hydrogen (secondary N) is 1. The molecule has 2 atom stereocenters. The highest BCUT2D eigenvalue weighted by Gasteiger charge is 2.36. The van der Waals surface area contributed by atoms with E-state index in [-0.39, 0.29) is 5.91 Å². The van der Waals surface area contributed by atoms with E-state index in [9.17, 15) is 9.90 Å². The van der Waals surface area contributed by atoms with Gasteiger partial charge in [-0.3, -0.25) is 9.69 Å². The summed E-state index contributed by atoms with van der Waals surface area (Å²) in [5.41, 5.74) is -0.0279. The van der Waals surface area contributed by atoms with Crippen molar-refractivity contribution < 1.29 is 14.6 Å². The molecule has 1 aliphatic carbocycles. The fraction of sp³-hybridized carbons (Fsp3) is 0.667. The molecule has 1 aromatic carbocycles. The SMILES string of the molecule is COc1ccccc1C1(O)CCN(CC(=O)N[C@H]2CCCC[C@H]2C)CC1. The summed E-state index contributed by atoms with van der Waals surface area (Å²) >= 11 is 0. The third kappa shape index (κ3) is 4.38. The van der Waals surface area contributed by atoms with Crippen LogP contribution in [0.15, 0.2) is 24.3 Å². The number of piperidine rings is 1. The zero-order chi connectivity index (χ0) is 18.6. The number of para-hydroxylation sites is 1. The van der Waals surface area contributed by atoms with Crippen LogP contribution < -0.4 is 10.1 Å². The Morgan fingerprint density at radius 2 is 1.96 bits per heavy atom. The van der Waals surface area contributed by atoms with Crippen LogP contribution in [0.4, 0.5) is 0 Å². The van der Waals surface area contributed by atoms with Gasteiger partial charge in [-0.25, -0.2) is 0 Å². The lowest BCUT2D eigenvalue weighted by molar-refractivity contribution is -0.125. The molecule has 5 heteroatoms. The largest absolute Gasteiger partial charge is 0.496 e. The van der Waals surface area contributed by atoms with E-state index in [1.54, 1.807) is 7.11 Å². The molecule has 144 valence electrons. The van der Waals surface area contributed by atoms with Crippen molar-refractivity contribution in [2.24, 2.45) is 5.92 Å². The second kappa shape index (κ2) is 8.40. The molecule has 1 aliphatic heterocycles. The number of amides is 1. The minimum Gasteiger partial charge on any atom is -0.496 e. The summed E-state index contributed by atoms with van der Waals surface area (Å²) in [6.07, 6.45) is 6.02. The van der Waals surface area contributed by atoms with E-state index in [4.69, 9.17) is 4.74 Å².